The van der Waals surface area contributed by atoms with Gasteiger partial charge in [0, 0.05) is 18.6 Å². The summed E-state index contributed by atoms with van der Waals surface area (Å²) in [6.45, 7) is 3.63. The summed E-state index contributed by atoms with van der Waals surface area (Å²) in [5.74, 6) is -0.505. The summed E-state index contributed by atoms with van der Waals surface area (Å²) in [7, 11) is 0. The molecule has 0 aliphatic carbocycles. The van der Waals surface area contributed by atoms with E-state index in [1.54, 1.807) is 18.2 Å². The van der Waals surface area contributed by atoms with Gasteiger partial charge in [-0.25, -0.2) is 9.78 Å². The van der Waals surface area contributed by atoms with Gasteiger partial charge in [0.05, 0.1) is 29.5 Å². The summed E-state index contributed by atoms with van der Waals surface area (Å²) in [5.41, 5.74) is 2.02. The van der Waals surface area contributed by atoms with E-state index in [9.17, 15) is 4.79 Å². The topological polar surface area (TPSA) is 64.4 Å². The number of aromatic carboxylic acids is 1. The minimum atomic E-state index is -0.908. The second-order valence-corrected chi connectivity index (χ2v) is 5.07. The van der Waals surface area contributed by atoms with E-state index >= 15 is 0 Å². The van der Waals surface area contributed by atoms with E-state index in [-0.39, 0.29) is 0 Å². The summed E-state index contributed by atoms with van der Waals surface area (Å²) in [6, 6.07) is 5.38. The number of hydrogen-bond acceptors (Lipinski definition) is 3. The Kier molecular flexibility index (Phi) is 2.98. The summed E-state index contributed by atoms with van der Waals surface area (Å²) < 4.78 is 7.55. The molecule has 100 valence electrons. The third-order valence-electron chi connectivity index (χ3n) is 3.77. The maximum Gasteiger partial charge on any atom is 0.335 e. The Morgan fingerprint density at radius 1 is 1.53 bits per heavy atom. The highest BCUT2D eigenvalue weighted by molar-refractivity contribution is 5.92. The summed E-state index contributed by atoms with van der Waals surface area (Å²) in [5, 5.41) is 9.09. The highest BCUT2D eigenvalue weighted by Crippen LogP contribution is 2.30. The number of carboxylic acid groups (broad SMARTS) is 1. The van der Waals surface area contributed by atoms with Crippen LogP contribution in [0.4, 0.5) is 0 Å². The van der Waals surface area contributed by atoms with Gasteiger partial charge in [-0.05, 0) is 24.6 Å². The zero-order chi connectivity index (χ0) is 13.4. The van der Waals surface area contributed by atoms with E-state index in [1.807, 2.05) is 6.33 Å². The van der Waals surface area contributed by atoms with Crippen molar-refractivity contribution in [3.05, 3.63) is 30.1 Å². The molecule has 0 amide bonds. The van der Waals surface area contributed by atoms with Crippen molar-refractivity contribution in [1.82, 2.24) is 9.55 Å². The van der Waals surface area contributed by atoms with Gasteiger partial charge in [0.1, 0.15) is 0 Å². The third-order valence-corrected chi connectivity index (χ3v) is 3.77. The molecule has 2 unspecified atom stereocenters. The molecule has 0 radical (unpaired) electrons. The van der Waals surface area contributed by atoms with Crippen molar-refractivity contribution in [2.75, 3.05) is 13.2 Å². The molecule has 1 aliphatic heterocycles. The largest absolute Gasteiger partial charge is 0.478 e. The van der Waals surface area contributed by atoms with Crippen LogP contribution in [0.15, 0.2) is 24.5 Å². The second-order valence-electron chi connectivity index (χ2n) is 5.07. The second kappa shape index (κ2) is 4.66. The number of rotatable bonds is 2. The van der Waals surface area contributed by atoms with Crippen molar-refractivity contribution >= 4 is 17.0 Å². The van der Waals surface area contributed by atoms with E-state index in [0.29, 0.717) is 17.5 Å². The molecule has 1 fully saturated rings. The summed E-state index contributed by atoms with van der Waals surface area (Å²) in [4.78, 5) is 15.4. The lowest BCUT2D eigenvalue weighted by Crippen LogP contribution is -2.27. The first-order valence-electron chi connectivity index (χ1n) is 6.44. The molecule has 1 aromatic heterocycles. The molecule has 1 N–H and O–H groups in total. The molecular formula is C14H16N2O3. The predicted molar refractivity (Wildman–Crippen MR) is 70.3 cm³/mol. The zero-order valence-electron chi connectivity index (χ0n) is 10.7. The molecule has 5 nitrogen and oxygen atoms in total. The lowest BCUT2D eigenvalue weighted by molar-refractivity contribution is 0.0298. The monoisotopic (exact) mass is 260 g/mol. The number of benzene rings is 1. The van der Waals surface area contributed by atoms with Crippen LogP contribution < -0.4 is 0 Å². The van der Waals surface area contributed by atoms with Crippen LogP contribution in [0, 0.1) is 5.92 Å². The Bertz CT molecular complexity index is 620. The van der Waals surface area contributed by atoms with Gasteiger partial charge >= 0.3 is 5.97 Å². The Labute approximate surface area is 110 Å². The van der Waals surface area contributed by atoms with Crippen LogP contribution in [0.5, 0.6) is 0 Å². The minimum Gasteiger partial charge on any atom is -0.478 e. The van der Waals surface area contributed by atoms with Gasteiger partial charge in [0.2, 0.25) is 0 Å². The van der Waals surface area contributed by atoms with Gasteiger partial charge in [0.15, 0.2) is 0 Å². The van der Waals surface area contributed by atoms with E-state index in [0.717, 1.165) is 30.7 Å². The van der Waals surface area contributed by atoms with Crippen LogP contribution in [0.1, 0.15) is 29.7 Å². The maximum absolute atomic E-state index is 11.1. The number of imidazole rings is 1. The fraction of sp³-hybridized carbons (Fsp3) is 0.429. The number of carboxylic acids is 1. The van der Waals surface area contributed by atoms with Crippen molar-refractivity contribution in [3.63, 3.8) is 0 Å². The average molecular weight is 260 g/mol. The molecule has 19 heavy (non-hydrogen) atoms. The first-order chi connectivity index (χ1) is 9.16. The molecule has 1 saturated heterocycles. The third kappa shape index (κ3) is 2.10. The molecule has 0 saturated carbocycles. The van der Waals surface area contributed by atoms with Crippen LogP contribution in [-0.2, 0) is 4.74 Å². The van der Waals surface area contributed by atoms with E-state index < -0.39 is 5.97 Å². The first kappa shape index (κ1) is 12.2. The van der Waals surface area contributed by atoms with Gasteiger partial charge in [-0.1, -0.05) is 6.92 Å². The fourth-order valence-corrected chi connectivity index (χ4v) is 2.71. The molecule has 0 spiro atoms. The lowest BCUT2D eigenvalue weighted by Gasteiger charge is -2.30. The van der Waals surface area contributed by atoms with E-state index in [2.05, 4.69) is 16.5 Å². The van der Waals surface area contributed by atoms with Crippen molar-refractivity contribution in [2.24, 2.45) is 5.92 Å². The summed E-state index contributed by atoms with van der Waals surface area (Å²) in [6.07, 6.45) is 2.74. The van der Waals surface area contributed by atoms with Crippen LogP contribution in [0.2, 0.25) is 0 Å². The van der Waals surface area contributed by atoms with Gasteiger partial charge < -0.3 is 14.4 Å². The average Bonchev–Trinajstić information content (AvgIpc) is 2.82. The van der Waals surface area contributed by atoms with Gasteiger partial charge in [-0.3, -0.25) is 0 Å². The van der Waals surface area contributed by atoms with Crippen molar-refractivity contribution in [3.8, 4) is 0 Å². The molecule has 1 aromatic carbocycles. The molecular weight excluding hydrogens is 244 g/mol. The quantitative estimate of drug-likeness (QED) is 0.900. The fourth-order valence-electron chi connectivity index (χ4n) is 2.71. The Balaban J connectivity index is 2.07. The first-order valence-corrected chi connectivity index (χ1v) is 6.44. The Morgan fingerprint density at radius 3 is 3.11 bits per heavy atom. The van der Waals surface area contributed by atoms with Gasteiger partial charge in [0.25, 0.3) is 0 Å². The number of carbonyl (C=O) groups is 1. The smallest absolute Gasteiger partial charge is 0.335 e. The standard InChI is InChI=1S/C14H16N2O3/c1-9-7-19-5-4-12(9)16-8-15-11-3-2-10(14(17)18)6-13(11)16/h2-3,6,8-9,12H,4-5,7H2,1H3,(H,17,18). The van der Waals surface area contributed by atoms with Crippen molar-refractivity contribution in [2.45, 2.75) is 19.4 Å². The maximum atomic E-state index is 11.1. The number of hydrogen-bond donors (Lipinski definition) is 1. The normalized spacial score (nSPS) is 23.6. The molecule has 1 aliphatic rings. The number of fused-ring (bicyclic) bond motifs is 1. The molecule has 2 heterocycles. The minimum absolute atomic E-state index is 0.300. The highest BCUT2D eigenvalue weighted by Gasteiger charge is 2.24. The van der Waals surface area contributed by atoms with Gasteiger partial charge in [-0.2, -0.15) is 0 Å². The number of aromatic nitrogens is 2. The van der Waals surface area contributed by atoms with Crippen molar-refractivity contribution < 1.29 is 14.6 Å². The van der Waals surface area contributed by atoms with Gasteiger partial charge in [-0.15, -0.1) is 0 Å². The molecule has 5 heteroatoms. The number of ether oxygens (including phenoxy) is 1. The zero-order valence-corrected chi connectivity index (χ0v) is 10.7. The van der Waals surface area contributed by atoms with Crippen LogP contribution in [0.3, 0.4) is 0 Å². The lowest BCUT2D eigenvalue weighted by atomic mass is 9.97. The van der Waals surface area contributed by atoms with E-state index in [1.165, 1.54) is 0 Å². The van der Waals surface area contributed by atoms with E-state index in [4.69, 9.17) is 9.84 Å². The predicted octanol–water partition coefficient (Wildman–Crippen LogP) is 2.33. The Hall–Kier alpha value is -1.88. The molecule has 0 bridgehead atoms. The highest BCUT2D eigenvalue weighted by atomic mass is 16.5. The SMILES string of the molecule is CC1COCCC1n1cnc2ccc(C(=O)O)cc21. The van der Waals surface area contributed by atoms with Crippen LogP contribution in [-0.4, -0.2) is 33.8 Å². The Morgan fingerprint density at radius 2 is 2.37 bits per heavy atom. The molecule has 2 aromatic rings. The number of nitrogens with zero attached hydrogens (tertiary/aromatic N) is 2. The summed E-state index contributed by atoms with van der Waals surface area (Å²) >= 11 is 0. The van der Waals surface area contributed by atoms with Crippen LogP contribution >= 0.6 is 0 Å². The molecule has 3 rings (SSSR count). The molecule has 2 atom stereocenters. The van der Waals surface area contributed by atoms with Crippen molar-refractivity contribution in [1.29, 1.82) is 0 Å². The van der Waals surface area contributed by atoms with Crippen LogP contribution in [0.25, 0.3) is 11.0 Å².